The van der Waals surface area contributed by atoms with Gasteiger partial charge in [-0.1, -0.05) is 115 Å². The zero-order valence-electron chi connectivity index (χ0n) is 19.0. The van der Waals surface area contributed by atoms with Crippen molar-refractivity contribution in [3.05, 3.63) is 155 Å². The van der Waals surface area contributed by atoms with E-state index in [-0.39, 0.29) is 0 Å². The highest BCUT2D eigenvalue weighted by atomic mass is 14.9. The van der Waals surface area contributed by atoms with Gasteiger partial charge < -0.3 is 0 Å². The maximum absolute atomic E-state index is 5.32. The highest BCUT2D eigenvalue weighted by Gasteiger charge is 2.43. The molecule has 162 valence electrons. The second kappa shape index (κ2) is 8.24. The number of rotatable bonds is 4. The molecule has 0 saturated carbocycles. The molecular formula is C32H24N2. The highest BCUT2D eigenvalue weighted by Crippen LogP contribution is 2.45. The van der Waals surface area contributed by atoms with Gasteiger partial charge in [-0.2, -0.15) is 0 Å². The molecule has 1 aliphatic heterocycles. The van der Waals surface area contributed by atoms with Crippen LogP contribution in [0.1, 0.15) is 27.9 Å². The van der Waals surface area contributed by atoms with Gasteiger partial charge in [0.15, 0.2) is 0 Å². The van der Waals surface area contributed by atoms with E-state index in [0.29, 0.717) is 0 Å². The van der Waals surface area contributed by atoms with Crippen LogP contribution in [-0.2, 0) is 5.41 Å². The van der Waals surface area contributed by atoms with Gasteiger partial charge in [0.25, 0.3) is 0 Å². The first-order chi connectivity index (χ1) is 16.8. The molecule has 2 heterocycles. The molecule has 0 unspecified atom stereocenters. The first-order valence-corrected chi connectivity index (χ1v) is 11.6. The quantitative estimate of drug-likeness (QED) is 0.289. The number of pyridine rings is 1. The van der Waals surface area contributed by atoms with Crippen LogP contribution in [-0.4, -0.2) is 10.7 Å². The molecule has 2 heteroatoms. The minimum Gasteiger partial charge on any atom is -0.254 e. The maximum Gasteiger partial charge on any atom is 0.0939 e. The molecule has 0 saturated heterocycles. The normalized spacial score (nSPS) is 17.4. The Morgan fingerprint density at radius 2 is 1.26 bits per heavy atom. The third-order valence-corrected chi connectivity index (χ3v) is 6.66. The lowest BCUT2D eigenvalue weighted by Gasteiger charge is -2.31. The van der Waals surface area contributed by atoms with Gasteiger partial charge in [-0.3, -0.25) is 4.98 Å². The minimum absolute atomic E-state index is 0.558. The van der Waals surface area contributed by atoms with Crippen molar-refractivity contribution in [1.82, 2.24) is 4.98 Å². The van der Waals surface area contributed by atoms with Gasteiger partial charge in [-0.25, -0.2) is 4.99 Å². The van der Waals surface area contributed by atoms with Crippen LogP contribution < -0.4 is 0 Å². The predicted octanol–water partition coefficient (Wildman–Crippen LogP) is 7.37. The summed E-state index contributed by atoms with van der Waals surface area (Å²) in [6.07, 6.45) is 4.21. The van der Waals surface area contributed by atoms with E-state index in [9.17, 15) is 0 Å². The number of aromatic nitrogens is 1. The van der Waals surface area contributed by atoms with Gasteiger partial charge in [0, 0.05) is 11.6 Å². The van der Waals surface area contributed by atoms with E-state index >= 15 is 0 Å². The Morgan fingerprint density at radius 3 is 2.03 bits per heavy atom. The molecule has 34 heavy (non-hydrogen) atoms. The lowest BCUT2D eigenvalue weighted by molar-refractivity contribution is 0.880. The van der Waals surface area contributed by atoms with Crippen LogP contribution >= 0.6 is 0 Å². The van der Waals surface area contributed by atoms with Crippen molar-refractivity contribution in [2.75, 3.05) is 0 Å². The van der Waals surface area contributed by atoms with Gasteiger partial charge in [-0.15, -0.1) is 0 Å². The second-order valence-electron chi connectivity index (χ2n) is 8.78. The van der Waals surface area contributed by atoms with Crippen LogP contribution in [0.25, 0.3) is 16.5 Å². The van der Waals surface area contributed by atoms with Crippen LogP contribution in [0.5, 0.6) is 0 Å². The number of aliphatic imine (C=N–C) groups is 1. The Kier molecular flexibility index (Phi) is 4.92. The molecule has 1 aliphatic rings. The first kappa shape index (κ1) is 20.3. The SMILES string of the molecule is Cc1ccc([C@@]2(c3ccccc3)C=C(c3ccccc3)N=C2c2nccc3ccccc23)cc1. The fraction of sp³-hybridized carbons (Fsp3) is 0.0625. The van der Waals surface area contributed by atoms with Gasteiger partial charge in [0.2, 0.25) is 0 Å². The summed E-state index contributed by atoms with van der Waals surface area (Å²) < 4.78 is 0. The largest absolute Gasteiger partial charge is 0.254 e. The monoisotopic (exact) mass is 436 g/mol. The van der Waals surface area contributed by atoms with Crippen molar-refractivity contribution >= 4 is 22.2 Å². The van der Waals surface area contributed by atoms with Crippen molar-refractivity contribution in [3.8, 4) is 0 Å². The summed E-state index contributed by atoms with van der Waals surface area (Å²) in [6.45, 7) is 2.13. The van der Waals surface area contributed by atoms with E-state index in [1.165, 1.54) is 16.7 Å². The highest BCUT2D eigenvalue weighted by molar-refractivity contribution is 6.21. The van der Waals surface area contributed by atoms with Crippen LogP contribution in [0, 0.1) is 6.92 Å². The van der Waals surface area contributed by atoms with Crippen LogP contribution in [0.15, 0.2) is 133 Å². The number of aryl methyl sites for hydroxylation is 1. The molecule has 4 aromatic carbocycles. The molecule has 0 amide bonds. The summed E-state index contributed by atoms with van der Waals surface area (Å²) in [4.78, 5) is 10.2. The predicted molar refractivity (Wildman–Crippen MR) is 141 cm³/mol. The number of fused-ring (bicyclic) bond motifs is 1. The second-order valence-corrected chi connectivity index (χ2v) is 8.78. The van der Waals surface area contributed by atoms with E-state index in [0.717, 1.165) is 33.4 Å². The molecule has 0 fully saturated rings. The third-order valence-electron chi connectivity index (χ3n) is 6.66. The van der Waals surface area contributed by atoms with Gasteiger partial charge in [-0.05, 0) is 41.1 Å². The van der Waals surface area contributed by atoms with E-state index in [1.807, 2.05) is 12.3 Å². The number of hydrogen-bond donors (Lipinski definition) is 0. The zero-order chi connectivity index (χ0) is 23.0. The fourth-order valence-electron chi connectivity index (χ4n) is 4.94. The molecule has 1 atom stereocenters. The molecule has 0 aliphatic carbocycles. The van der Waals surface area contributed by atoms with E-state index in [4.69, 9.17) is 9.98 Å². The van der Waals surface area contributed by atoms with Gasteiger partial charge in [0.05, 0.1) is 22.5 Å². The Balaban J connectivity index is 1.71. The average molecular weight is 437 g/mol. The lowest BCUT2D eigenvalue weighted by Crippen LogP contribution is -2.34. The minimum atomic E-state index is -0.558. The third kappa shape index (κ3) is 3.27. The topological polar surface area (TPSA) is 25.2 Å². The Morgan fingerprint density at radius 1 is 0.618 bits per heavy atom. The number of benzene rings is 4. The standard InChI is InChI=1S/C32H24N2/c1-23-16-18-27(19-17-23)32(26-13-6-3-7-14-26)22-29(25-11-4-2-5-12-25)34-31(32)30-28-15-9-8-10-24(28)20-21-33-30/h2-22H,1H3/t32-/m0/s1. The molecule has 0 bridgehead atoms. The molecule has 0 N–H and O–H groups in total. The fourth-order valence-corrected chi connectivity index (χ4v) is 4.94. The molecule has 6 rings (SSSR count). The Labute approximate surface area is 200 Å². The Bertz CT molecular complexity index is 1530. The molecule has 1 aromatic heterocycles. The van der Waals surface area contributed by atoms with Crippen molar-refractivity contribution in [2.45, 2.75) is 12.3 Å². The molecule has 0 spiro atoms. The molecular weight excluding hydrogens is 412 g/mol. The number of hydrogen-bond acceptors (Lipinski definition) is 2. The molecule has 0 radical (unpaired) electrons. The van der Waals surface area contributed by atoms with Crippen molar-refractivity contribution < 1.29 is 0 Å². The summed E-state index contributed by atoms with van der Waals surface area (Å²) in [5.41, 5.74) is 6.99. The zero-order valence-corrected chi connectivity index (χ0v) is 19.0. The van der Waals surface area contributed by atoms with Crippen LogP contribution in [0.4, 0.5) is 0 Å². The average Bonchev–Trinajstić information content (AvgIpc) is 3.31. The summed E-state index contributed by atoms with van der Waals surface area (Å²) >= 11 is 0. The summed E-state index contributed by atoms with van der Waals surface area (Å²) in [6, 6.07) is 40.4. The maximum atomic E-state index is 5.32. The summed E-state index contributed by atoms with van der Waals surface area (Å²) in [5.74, 6) is 0. The molecule has 5 aromatic rings. The van der Waals surface area contributed by atoms with Crippen molar-refractivity contribution in [3.63, 3.8) is 0 Å². The molecule has 2 nitrogen and oxygen atoms in total. The van der Waals surface area contributed by atoms with Gasteiger partial charge in [0.1, 0.15) is 0 Å². The van der Waals surface area contributed by atoms with E-state index in [2.05, 4.69) is 122 Å². The summed E-state index contributed by atoms with van der Waals surface area (Å²) in [5, 5.41) is 2.27. The number of allylic oxidation sites excluding steroid dienone is 1. The number of nitrogens with zero attached hydrogens (tertiary/aromatic N) is 2. The van der Waals surface area contributed by atoms with E-state index in [1.54, 1.807) is 0 Å². The van der Waals surface area contributed by atoms with Crippen molar-refractivity contribution in [1.29, 1.82) is 0 Å². The first-order valence-electron chi connectivity index (χ1n) is 11.6. The van der Waals surface area contributed by atoms with E-state index < -0.39 is 5.41 Å². The van der Waals surface area contributed by atoms with Crippen LogP contribution in [0.2, 0.25) is 0 Å². The Hall–Kier alpha value is -4.30. The van der Waals surface area contributed by atoms with Crippen molar-refractivity contribution in [2.24, 2.45) is 4.99 Å². The van der Waals surface area contributed by atoms with Gasteiger partial charge >= 0.3 is 0 Å². The summed E-state index contributed by atoms with van der Waals surface area (Å²) in [7, 11) is 0. The van der Waals surface area contributed by atoms with Crippen LogP contribution in [0.3, 0.4) is 0 Å². The lowest BCUT2D eigenvalue weighted by atomic mass is 9.70. The smallest absolute Gasteiger partial charge is 0.0939 e.